The zero-order chi connectivity index (χ0) is 15.7. The topological polar surface area (TPSA) is 45.1 Å². The minimum absolute atomic E-state index is 0.0238. The van der Waals surface area contributed by atoms with Crippen molar-refractivity contribution in [2.45, 2.75) is 50.1 Å². The summed E-state index contributed by atoms with van der Waals surface area (Å²) in [6.07, 6.45) is -5.24. The SMILES string of the molecule is OC1C(NCc2ccc(C(F)(F)F)cn2)CCCC1(F)F. The third kappa shape index (κ3) is 3.88. The first-order valence-corrected chi connectivity index (χ1v) is 6.51. The molecule has 8 heteroatoms. The van der Waals surface area contributed by atoms with Gasteiger partial charge in [0.05, 0.1) is 11.3 Å². The van der Waals surface area contributed by atoms with Gasteiger partial charge in [0.15, 0.2) is 0 Å². The average molecular weight is 310 g/mol. The summed E-state index contributed by atoms with van der Waals surface area (Å²) in [7, 11) is 0. The zero-order valence-electron chi connectivity index (χ0n) is 11.0. The molecule has 0 bridgehead atoms. The van der Waals surface area contributed by atoms with E-state index in [0.29, 0.717) is 18.3 Å². The standard InChI is InChI=1S/C13H15F5N2O/c14-12(15)5-1-2-10(11(12)21)20-7-9-4-3-8(6-19-9)13(16,17)18/h3-4,6,10-11,20-21H,1-2,5,7H2. The van der Waals surface area contributed by atoms with Crippen molar-refractivity contribution in [1.29, 1.82) is 0 Å². The number of aliphatic hydroxyl groups excluding tert-OH is 1. The first-order valence-electron chi connectivity index (χ1n) is 6.51. The molecule has 0 aliphatic heterocycles. The molecule has 21 heavy (non-hydrogen) atoms. The molecular formula is C13H15F5N2O. The van der Waals surface area contributed by atoms with Crippen LogP contribution in [0.4, 0.5) is 22.0 Å². The Kier molecular flexibility index (Phi) is 4.48. The lowest BCUT2D eigenvalue weighted by molar-refractivity contribution is -0.143. The fraction of sp³-hybridized carbons (Fsp3) is 0.615. The highest BCUT2D eigenvalue weighted by atomic mass is 19.4. The smallest absolute Gasteiger partial charge is 0.385 e. The van der Waals surface area contributed by atoms with E-state index in [-0.39, 0.29) is 19.4 Å². The first-order chi connectivity index (χ1) is 9.70. The van der Waals surface area contributed by atoms with Crippen LogP contribution in [0.3, 0.4) is 0 Å². The lowest BCUT2D eigenvalue weighted by Gasteiger charge is -2.34. The van der Waals surface area contributed by atoms with E-state index < -0.39 is 29.8 Å². The van der Waals surface area contributed by atoms with Gasteiger partial charge in [0.25, 0.3) is 5.92 Å². The quantitative estimate of drug-likeness (QED) is 0.844. The van der Waals surface area contributed by atoms with Crippen LogP contribution in [0.5, 0.6) is 0 Å². The van der Waals surface area contributed by atoms with Crippen molar-refractivity contribution in [3.63, 3.8) is 0 Å². The van der Waals surface area contributed by atoms with Gasteiger partial charge >= 0.3 is 6.18 Å². The predicted molar refractivity (Wildman–Crippen MR) is 64.7 cm³/mol. The van der Waals surface area contributed by atoms with Crippen LogP contribution in [-0.4, -0.2) is 28.2 Å². The van der Waals surface area contributed by atoms with E-state index in [1.54, 1.807) is 0 Å². The average Bonchev–Trinajstić information content (AvgIpc) is 2.40. The molecule has 2 N–H and O–H groups in total. The highest BCUT2D eigenvalue weighted by molar-refractivity contribution is 5.17. The molecule has 1 aliphatic carbocycles. The Morgan fingerprint density at radius 2 is 2.05 bits per heavy atom. The maximum Gasteiger partial charge on any atom is 0.417 e. The molecule has 1 fully saturated rings. The third-order valence-corrected chi connectivity index (χ3v) is 3.54. The molecule has 0 radical (unpaired) electrons. The van der Waals surface area contributed by atoms with Crippen molar-refractivity contribution in [2.24, 2.45) is 0 Å². The molecule has 1 aliphatic rings. The Hall–Kier alpha value is -1.28. The highest BCUT2D eigenvalue weighted by Gasteiger charge is 2.45. The first kappa shape index (κ1) is 16.1. The van der Waals surface area contributed by atoms with E-state index in [1.807, 2.05) is 0 Å². The van der Waals surface area contributed by atoms with Crippen LogP contribution in [0.15, 0.2) is 18.3 Å². The fourth-order valence-corrected chi connectivity index (χ4v) is 2.30. The van der Waals surface area contributed by atoms with E-state index in [0.717, 1.165) is 6.07 Å². The number of rotatable bonds is 3. The molecule has 0 aromatic carbocycles. The Morgan fingerprint density at radius 3 is 2.62 bits per heavy atom. The normalized spacial score (nSPS) is 25.8. The summed E-state index contributed by atoms with van der Waals surface area (Å²) in [6.45, 7) is 0.0238. The van der Waals surface area contributed by atoms with Crippen LogP contribution in [0.1, 0.15) is 30.5 Å². The maximum absolute atomic E-state index is 13.3. The molecule has 2 unspecified atom stereocenters. The predicted octanol–water partition coefficient (Wildman–Crippen LogP) is 2.74. The summed E-state index contributed by atoms with van der Waals surface area (Å²) in [4.78, 5) is 3.64. The molecule has 0 amide bonds. The number of nitrogens with one attached hydrogen (secondary N) is 1. The lowest BCUT2D eigenvalue weighted by Crippen LogP contribution is -2.52. The Bertz CT molecular complexity index is 474. The number of alkyl halides is 5. The van der Waals surface area contributed by atoms with Gasteiger partial charge in [-0.3, -0.25) is 4.98 Å². The fourth-order valence-electron chi connectivity index (χ4n) is 2.30. The summed E-state index contributed by atoms with van der Waals surface area (Å²) in [5, 5.41) is 12.3. The Labute approximate surface area is 118 Å². The van der Waals surface area contributed by atoms with Gasteiger partial charge in [-0.05, 0) is 25.0 Å². The molecule has 2 rings (SSSR count). The second-order valence-electron chi connectivity index (χ2n) is 5.12. The molecule has 1 aromatic heterocycles. The van der Waals surface area contributed by atoms with Crippen molar-refractivity contribution in [2.75, 3.05) is 0 Å². The number of halogens is 5. The van der Waals surface area contributed by atoms with Crippen LogP contribution < -0.4 is 5.32 Å². The van der Waals surface area contributed by atoms with Crippen LogP contribution in [0, 0.1) is 0 Å². The highest BCUT2D eigenvalue weighted by Crippen LogP contribution is 2.33. The van der Waals surface area contributed by atoms with Gasteiger partial charge in [-0.15, -0.1) is 0 Å². The van der Waals surface area contributed by atoms with Crippen molar-refractivity contribution in [1.82, 2.24) is 10.3 Å². The van der Waals surface area contributed by atoms with E-state index in [9.17, 15) is 27.1 Å². The van der Waals surface area contributed by atoms with Crippen LogP contribution in [-0.2, 0) is 12.7 Å². The summed E-state index contributed by atoms with van der Waals surface area (Å²) in [5.41, 5.74) is -0.570. The number of hydrogen-bond donors (Lipinski definition) is 2. The maximum atomic E-state index is 13.3. The summed E-state index contributed by atoms with van der Waals surface area (Å²) >= 11 is 0. The van der Waals surface area contributed by atoms with Crippen molar-refractivity contribution >= 4 is 0 Å². The number of hydrogen-bond acceptors (Lipinski definition) is 3. The minimum Gasteiger partial charge on any atom is -0.385 e. The van der Waals surface area contributed by atoms with Crippen molar-refractivity contribution in [3.8, 4) is 0 Å². The van der Waals surface area contributed by atoms with E-state index >= 15 is 0 Å². The van der Waals surface area contributed by atoms with Crippen molar-refractivity contribution < 1.29 is 27.1 Å². The molecule has 0 spiro atoms. The molecule has 118 valence electrons. The number of aliphatic hydroxyl groups is 1. The lowest BCUT2D eigenvalue weighted by atomic mass is 9.89. The van der Waals surface area contributed by atoms with Gasteiger partial charge in [-0.1, -0.05) is 0 Å². The molecular weight excluding hydrogens is 295 g/mol. The Morgan fingerprint density at radius 1 is 1.33 bits per heavy atom. The van der Waals surface area contributed by atoms with Crippen LogP contribution in [0.2, 0.25) is 0 Å². The van der Waals surface area contributed by atoms with Gasteiger partial charge in [0, 0.05) is 25.2 Å². The number of aromatic nitrogens is 1. The molecule has 1 aromatic rings. The molecule has 0 saturated heterocycles. The van der Waals surface area contributed by atoms with E-state index in [4.69, 9.17) is 0 Å². The van der Waals surface area contributed by atoms with Gasteiger partial charge in [0.2, 0.25) is 0 Å². The van der Waals surface area contributed by atoms with Gasteiger partial charge in [-0.2, -0.15) is 13.2 Å². The number of pyridine rings is 1. The third-order valence-electron chi connectivity index (χ3n) is 3.54. The molecule has 1 saturated carbocycles. The number of nitrogens with zero attached hydrogens (tertiary/aromatic N) is 1. The van der Waals surface area contributed by atoms with E-state index in [2.05, 4.69) is 10.3 Å². The van der Waals surface area contributed by atoms with Gasteiger partial charge < -0.3 is 10.4 Å². The summed E-state index contributed by atoms with van der Waals surface area (Å²) in [6, 6.07) is 1.27. The summed E-state index contributed by atoms with van der Waals surface area (Å²) < 4.78 is 63.7. The van der Waals surface area contributed by atoms with Gasteiger partial charge in [0.1, 0.15) is 6.10 Å². The van der Waals surface area contributed by atoms with Gasteiger partial charge in [-0.25, -0.2) is 8.78 Å². The van der Waals surface area contributed by atoms with Crippen molar-refractivity contribution in [3.05, 3.63) is 29.6 Å². The monoisotopic (exact) mass is 310 g/mol. The largest absolute Gasteiger partial charge is 0.417 e. The van der Waals surface area contributed by atoms with Crippen LogP contribution in [0.25, 0.3) is 0 Å². The van der Waals surface area contributed by atoms with E-state index in [1.165, 1.54) is 6.07 Å². The Balaban J connectivity index is 1.94. The molecule has 3 nitrogen and oxygen atoms in total. The molecule has 2 atom stereocenters. The minimum atomic E-state index is -4.46. The second-order valence-corrected chi connectivity index (χ2v) is 5.12. The molecule has 1 heterocycles. The summed E-state index contributed by atoms with van der Waals surface area (Å²) in [5.74, 6) is -3.14. The zero-order valence-corrected chi connectivity index (χ0v) is 11.0. The second kappa shape index (κ2) is 5.84. The van der Waals surface area contributed by atoms with Crippen LogP contribution >= 0.6 is 0 Å².